The highest BCUT2D eigenvalue weighted by Gasteiger charge is 2.11. The van der Waals surface area contributed by atoms with Crippen molar-refractivity contribution >= 4 is 11.3 Å². The van der Waals surface area contributed by atoms with E-state index in [2.05, 4.69) is 17.3 Å². The molecule has 16 heavy (non-hydrogen) atoms. The standard InChI is InChI=1S/C11H21N3OS/c1-4-15-6-5-10(14-12)7-11-13-8(2)9(3)16-11/h10,14H,4-7,12H2,1-3H3. The molecule has 1 aromatic rings. The second-order valence-corrected chi connectivity index (χ2v) is 5.09. The molecule has 1 aromatic heterocycles. The van der Waals surface area contributed by atoms with Gasteiger partial charge in [-0.3, -0.25) is 11.3 Å². The van der Waals surface area contributed by atoms with Crippen molar-refractivity contribution in [1.82, 2.24) is 10.4 Å². The molecule has 0 aromatic carbocycles. The maximum absolute atomic E-state index is 5.52. The molecule has 92 valence electrons. The van der Waals surface area contributed by atoms with E-state index >= 15 is 0 Å². The van der Waals surface area contributed by atoms with Gasteiger partial charge in [-0.2, -0.15) is 0 Å². The molecule has 0 amide bonds. The van der Waals surface area contributed by atoms with Gasteiger partial charge in [-0.15, -0.1) is 11.3 Å². The quantitative estimate of drug-likeness (QED) is 0.433. The summed E-state index contributed by atoms with van der Waals surface area (Å²) in [7, 11) is 0. The molecule has 1 rings (SSSR count). The lowest BCUT2D eigenvalue weighted by molar-refractivity contribution is 0.136. The van der Waals surface area contributed by atoms with Crippen LogP contribution in [0.25, 0.3) is 0 Å². The summed E-state index contributed by atoms with van der Waals surface area (Å²) in [6.07, 6.45) is 1.80. The van der Waals surface area contributed by atoms with Gasteiger partial charge in [0.05, 0.1) is 10.7 Å². The number of hydrazine groups is 1. The van der Waals surface area contributed by atoms with Crippen molar-refractivity contribution in [1.29, 1.82) is 0 Å². The first-order valence-corrected chi connectivity index (χ1v) is 6.45. The van der Waals surface area contributed by atoms with Crippen molar-refractivity contribution in [3.8, 4) is 0 Å². The zero-order valence-corrected chi connectivity index (χ0v) is 11.1. The molecule has 0 saturated carbocycles. The Hall–Kier alpha value is -0.490. The number of hydrogen-bond acceptors (Lipinski definition) is 5. The molecule has 0 fully saturated rings. The summed E-state index contributed by atoms with van der Waals surface area (Å²) in [5.41, 5.74) is 3.95. The largest absolute Gasteiger partial charge is 0.382 e. The molecule has 1 atom stereocenters. The first-order valence-electron chi connectivity index (χ1n) is 5.64. The summed E-state index contributed by atoms with van der Waals surface area (Å²) in [4.78, 5) is 5.80. The molecule has 0 aliphatic carbocycles. The Kier molecular flexibility index (Phi) is 5.90. The Morgan fingerprint density at radius 1 is 1.50 bits per heavy atom. The number of nitrogens with two attached hydrogens (primary N) is 1. The van der Waals surface area contributed by atoms with Crippen LogP contribution in [0.5, 0.6) is 0 Å². The van der Waals surface area contributed by atoms with Gasteiger partial charge in [0.1, 0.15) is 0 Å². The van der Waals surface area contributed by atoms with Crippen LogP contribution >= 0.6 is 11.3 Å². The van der Waals surface area contributed by atoms with Crippen LogP contribution in [0.2, 0.25) is 0 Å². The average Bonchev–Trinajstić information content (AvgIpc) is 2.57. The molecule has 0 aliphatic rings. The summed E-state index contributed by atoms with van der Waals surface area (Å²) < 4.78 is 5.32. The maximum Gasteiger partial charge on any atom is 0.0946 e. The number of nitrogens with one attached hydrogen (secondary N) is 1. The van der Waals surface area contributed by atoms with Crippen molar-refractivity contribution in [2.75, 3.05) is 13.2 Å². The van der Waals surface area contributed by atoms with E-state index in [0.717, 1.165) is 36.8 Å². The summed E-state index contributed by atoms with van der Waals surface area (Å²) in [6.45, 7) is 7.64. The Bertz CT molecular complexity index is 295. The smallest absolute Gasteiger partial charge is 0.0946 e. The second kappa shape index (κ2) is 6.96. The first kappa shape index (κ1) is 13.6. The molecular formula is C11H21N3OS. The number of rotatable bonds is 7. The minimum absolute atomic E-state index is 0.247. The molecule has 1 unspecified atom stereocenters. The number of thiazole rings is 1. The molecular weight excluding hydrogens is 222 g/mol. The number of nitrogens with zero attached hydrogens (tertiary/aromatic N) is 1. The summed E-state index contributed by atoms with van der Waals surface area (Å²) in [5, 5.41) is 1.15. The van der Waals surface area contributed by atoms with Crippen LogP contribution < -0.4 is 11.3 Å². The van der Waals surface area contributed by atoms with Gasteiger partial charge in [-0.05, 0) is 27.2 Å². The van der Waals surface area contributed by atoms with Gasteiger partial charge in [0.25, 0.3) is 0 Å². The fraction of sp³-hybridized carbons (Fsp3) is 0.727. The second-order valence-electron chi connectivity index (χ2n) is 3.80. The van der Waals surface area contributed by atoms with Crippen LogP contribution in [0.1, 0.15) is 28.9 Å². The van der Waals surface area contributed by atoms with Crippen LogP contribution in [0.15, 0.2) is 0 Å². The Labute approximate surface area is 101 Å². The molecule has 0 spiro atoms. The summed E-state index contributed by atoms with van der Waals surface area (Å²) >= 11 is 1.75. The predicted octanol–water partition coefficient (Wildman–Crippen LogP) is 1.56. The van der Waals surface area contributed by atoms with E-state index in [1.807, 2.05) is 13.8 Å². The SMILES string of the molecule is CCOCCC(Cc1nc(C)c(C)s1)NN. The van der Waals surface area contributed by atoms with Gasteiger partial charge in [0.2, 0.25) is 0 Å². The van der Waals surface area contributed by atoms with Gasteiger partial charge < -0.3 is 4.74 Å². The Morgan fingerprint density at radius 2 is 2.25 bits per heavy atom. The van der Waals surface area contributed by atoms with Crippen LogP contribution in [0.4, 0.5) is 0 Å². The van der Waals surface area contributed by atoms with Gasteiger partial charge in [0.15, 0.2) is 0 Å². The van der Waals surface area contributed by atoms with Crippen LogP contribution in [0, 0.1) is 13.8 Å². The van der Waals surface area contributed by atoms with Crippen LogP contribution in [-0.2, 0) is 11.2 Å². The normalized spacial score (nSPS) is 13.0. The molecule has 1 heterocycles. The monoisotopic (exact) mass is 243 g/mol. The first-order chi connectivity index (χ1) is 7.67. The third-order valence-corrected chi connectivity index (χ3v) is 3.64. The van der Waals surface area contributed by atoms with E-state index in [1.165, 1.54) is 4.88 Å². The lowest BCUT2D eigenvalue weighted by Gasteiger charge is -2.13. The minimum Gasteiger partial charge on any atom is -0.382 e. The number of aromatic nitrogens is 1. The van der Waals surface area contributed by atoms with Gasteiger partial charge in [-0.1, -0.05) is 0 Å². The van der Waals surface area contributed by atoms with Crippen LogP contribution in [-0.4, -0.2) is 24.2 Å². The van der Waals surface area contributed by atoms with E-state index in [-0.39, 0.29) is 6.04 Å². The zero-order valence-electron chi connectivity index (χ0n) is 10.2. The molecule has 0 aliphatic heterocycles. The highest BCUT2D eigenvalue weighted by Crippen LogP contribution is 2.18. The fourth-order valence-corrected chi connectivity index (χ4v) is 2.47. The van der Waals surface area contributed by atoms with Crippen molar-refractivity contribution in [2.24, 2.45) is 5.84 Å². The van der Waals surface area contributed by atoms with E-state index < -0.39 is 0 Å². The molecule has 0 radical (unpaired) electrons. The van der Waals surface area contributed by atoms with Gasteiger partial charge in [0, 0.05) is 30.6 Å². The van der Waals surface area contributed by atoms with Gasteiger partial charge >= 0.3 is 0 Å². The average molecular weight is 243 g/mol. The lowest BCUT2D eigenvalue weighted by Crippen LogP contribution is -2.37. The van der Waals surface area contributed by atoms with Crippen molar-refractivity contribution in [3.63, 3.8) is 0 Å². The lowest BCUT2D eigenvalue weighted by atomic mass is 10.1. The number of ether oxygens (including phenoxy) is 1. The maximum atomic E-state index is 5.52. The molecule has 5 heteroatoms. The summed E-state index contributed by atoms with van der Waals surface area (Å²) in [6, 6.07) is 0.247. The van der Waals surface area contributed by atoms with Gasteiger partial charge in [-0.25, -0.2) is 4.98 Å². The van der Waals surface area contributed by atoms with E-state index in [9.17, 15) is 0 Å². The minimum atomic E-state index is 0.247. The highest BCUT2D eigenvalue weighted by molar-refractivity contribution is 7.11. The third kappa shape index (κ3) is 4.17. The molecule has 0 saturated heterocycles. The van der Waals surface area contributed by atoms with E-state index in [1.54, 1.807) is 11.3 Å². The highest BCUT2D eigenvalue weighted by atomic mass is 32.1. The van der Waals surface area contributed by atoms with E-state index in [0.29, 0.717) is 0 Å². The summed E-state index contributed by atoms with van der Waals surface area (Å²) in [5.74, 6) is 5.52. The van der Waals surface area contributed by atoms with E-state index in [4.69, 9.17) is 10.6 Å². The Morgan fingerprint density at radius 3 is 2.75 bits per heavy atom. The topological polar surface area (TPSA) is 60.2 Å². The van der Waals surface area contributed by atoms with Crippen LogP contribution in [0.3, 0.4) is 0 Å². The Balaban J connectivity index is 2.43. The zero-order chi connectivity index (χ0) is 12.0. The molecule has 0 bridgehead atoms. The number of aryl methyl sites for hydroxylation is 2. The molecule has 3 N–H and O–H groups in total. The van der Waals surface area contributed by atoms with Crippen molar-refractivity contribution in [2.45, 2.75) is 39.7 Å². The van der Waals surface area contributed by atoms with Crippen molar-refractivity contribution in [3.05, 3.63) is 15.6 Å². The fourth-order valence-electron chi connectivity index (χ4n) is 1.45. The molecule has 4 nitrogen and oxygen atoms in total. The predicted molar refractivity (Wildman–Crippen MR) is 67.5 cm³/mol. The number of hydrogen-bond donors (Lipinski definition) is 2. The third-order valence-electron chi connectivity index (χ3n) is 2.54. The van der Waals surface area contributed by atoms with Crippen molar-refractivity contribution < 1.29 is 4.74 Å².